The van der Waals surface area contributed by atoms with E-state index in [0.29, 0.717) is 6.04 Å². The number of nitrogens with zero attached hydrogens (tertiary/aromatic N) is 3. The Hall–Kier alpha value is -2.62. The average molecular weight is 276 g/mol. The van der Waals surface area contributed by atoms with Crippen LogP contribution in [0.3, 0.4) is 0 Å². The summed E-state index contributed by atoms with van der Waals surface area (Å²) in [5, 5.41) is 0. The van der Waals surface area contributed by atoms with Crippen LogP contribution in [0.4, 0.5) is 5.69 Å². The number of fused-ring (bicyclic) bond motifs is 1. The molecule has 0 atom stereocenters. The lowest BCUT2D eigenvalue weighted by Gasteiger charge is -2.16. The number of aromatic nitrogens is 3. The number of nitrogen functional groups attached to an aromatic ring is 1. The molecule has 2 N–H and O–H groups in total. The van der Waals surface area contributed by atoms with Crippen LogP contribution in [-0.4, -0.2) is 14.5 Å². The van der Waals surface area contributed by atoms with Crippen LogP contribution in [0.1, 0.15) is 17.2 Å². The van der Waals surface area contributed by atoms with Crippen molar-refractivity contribution >= 4 is 5.69 Å². The van der Waals surface area contributed by atoms with E-state index in [9.17, 15) is 0 Å². The fourth-order valence-electron chi connectivity index (χ4n) is 3.16. The fraction of sp³-hybridized carbons (Fsp3) is 0.176. The smallest absolute Gasteiger partial charge is 0.0953 e. The summed E-state index contributed by atoms with van der Waals surface area (Å²) in [6.45, 7) is 0. The van der Waals surface area contributed by atoms with E-state index in [1.807, 2.05) is 24.8 Å². The van der Waals surface area contributed by atoms with E-state index in [1.165, 1.54) is 11.1 Å². The van der Waals surface area contributed by atoms with Crippen molar-refractivity contribution in [3.63, 3.8) is 0 Å². The maximum atomic E-state index is 6.08. The summed E-state index contributed by atoms with van der Waals surface area (Å²) in [5.74, 6) is 0. The topological polar surface area (TPSA) is 56.7 Å². The molecular formula is C17H16N4. The molecule has 4 rings (SSSR count). The van der Waals surface area contributed by atoms with E-state index < -0.39 is 0 Å². The Morgan fingerprint density at radius 3 is 2.48 bits per heavy atom. The first kappa shape index (κ1) is 12.1. The summed E-state index contributed by atoms with van der Waals surface area (Å²) in [4.78, 5) is 8.51. The molecule has 4 nitrogen and oxygen atoms in total. The minimum absolute atomic E-state index is 0.402. The fourth-order valence-corrected chi connectivity index (χ4v) is 3.16. The van der Waals surface area contributed by atoms with Crippen molar-refractivity contribution in [1.82, 2.24) is 14.5 Å². The van der Waals surface area contributed by atoms with Crippen LogP contribution >= 0.6 is 0 Å². The highest BCUT2D eigenvalue weighted by molar-refractivity contribution is 5.72. The van der Waals surface area contributed by atoms with Crippen LogP contribution in [-0.2, 0) is 12.8 Å². The highest BCUT2D eigenvalue weighted by Gasteiger charge is 2.24. The van der Waals surface area contributed by atoms with Crippen molar-refractivity contribution in [1.29, 1.82) is 0 Å². The molecule has 0 amide bonds. The van der Waals surface area contributed by atoms with Gasteiger partial charge in [-0.15, -0.1) is 0 Å². The van der Waals surface area contributed by atoms with Gasteiger partial charge in [-0.1, -0.05) is 24.3 Å². The lowest BCUT2D eigenvalue weighted by atomic mass is 10.1. The van der Waals surface area contributed by atoms with Crippen LogP contribution < -0.4 is 5.73 Å². The number of imidazole rings is 1. The van der Waals surface area contributed by atoms with Gasteiger partial charge < -0.3 is 10.3 Å². The predicted octanol–water partition coefficient (Wildman–Crippen LogP) is 2.87. The van der Waals surface area contributed by atoms with Crippen molar-refractivity contribution in [2.75, 3.05) is 5.73 Å². The Bertz CT molecular complexity index is 766. The number of hydrogen-bond donors (Lipinski definition) is 1. The molecule has 0 saturated carbocycles. The van der Waals surface area contributed by atoms with Crippen molar-refractivity contribution in [3.05, 3.63) is 66.4 Å². The number of anilines is 1. The van der Waals surface area contributed by atoms with Gasteiger partial charge in [0.05, 0.1) is 18.2 Å². The van der Waals surface area contributed by atoms with Gasteiger partial charge in [0.1, 0.15) is 0 Å². The third-order valence-corrected chi connectivity index (χ3v) is 4.22. The minimum atomic E-state index is 0.402. The Morgan fingerprint density at radius 2 is 1.76 bits per heavy atom. The highest BCUT2D eigenvalue weighted by Crippen LogP contribution is 2.34. The molecule has 0 unspecified atom stereocenters. The Labute approximate surface area is 123 Å². The predicted molar refractivity (Wildman–Crippen MR) is 82.8 cm³/mol. The van der Waals surface area contributed by atoms with E-state index in [0.717, 1.165) is 29.8 Å². The van der Waals surface area contributed by atoms with Gasteiger partial charge in [0.2, 0.25) is 0 Å². The summed E-state index contributed by atoms with van der Waals surface area (Å²) < 4.78 is 2.23. The number of rotatable bonds is 2. The second-order valence-corrected chi connectivity index (χ2v) is 5.48. The zero-order chi connectivity index (χ0) is 14.2. The largest absolute Gasteiger partial charge is 0.398 e. The number of benzene rings is 1. The summed E-state index contributed by atoms with van der Waals surface area (Å²) in [6, 6.07) is 10.9. The van der Waals surface area contributed by atoms with Crippen LogP contribution in [0.15, 0.2) is 55.2 Å². The van der Waals surface area contributed by atoms with Crippen molar-refractivity contribution in [2.24, 2.45) is 0 Å². The first-order chi connectivity index (χ1) is 10.3. The molecule has 2 aromatic heterocycles. The van der Waals surface area contributed by atoms with E-state index in [-0.39, 0.29) is 0 Å². The molecule has 0 spiro atoms. The molecule has 1 aliphatic carbocycles. The van der Waals surface area contributed by atoms with E-state index in [4.69, 9.17) is 5.73 Å². The normalized spacial score (nSPS) is 14.3. The standard InChI is InChI=1S/C17H16N4/c18-16-5-6-19-9-15(16)17-10-20-11-21(17)14-7-12-3-1-2-4-13(12)8-14/h1-6,9-11,14H,7-8H2,(H2,18,19). The van der Waals surface area contributed by atoms with Crippen LogP contribution in [0.5, 0.6) is 0 Å². The van der Waals surface area contributed by atoms with Gasteiger partial charge in [-0.3, -0.25) is 4.98 Å². The van der Waals surface area contributed by atoms with Crippen molar-refractivity contribution < 1.29 is 0 Å². The molecule has 0 bridgehead atoms. The average Bonchev–Trinajstić information content (AvgIpc) is 3.13. The summed E-state index contributed by atoms with van der Waals surface area (Å²) >= 11 is 0. The molecule has 2 heterocycles. The monoisotopic (exact) mass is 276 g/mol. The van der Waals surface area contributed by atoms with Gasteiger partial charge >= 0.3 is 0 Å². The Kier molecular flexibility index (Phi) is 2.74. The van der Waals surface area contributed by atoms with Gasteiger partial charge in [0.25, 0.3) is 0 Å². The Balaban J connectivity index is 1.73. The first-order valence-electron chi connectivity index (χ1n) is 7.11. The van der Waals surface area contributed by atoms with Gasteiger partial charge in [-0.05, 0) is 30.0 Å². The second kappa shape index (κ2) is 4.74. The summed E-state index contributed by atoms with van der Waals surface area (Å²) in [7, 11) is 0. The van der Waals surface area contributed by atoms with Crippen molar-refractivity contribution in [2.45, 2.75) is 18.9 Å². The molecule has 104 valence electrons. The lowest BCUT2D eigenvalue weighted by molar-refractivity contribution is 0.533. The molecule has 0 saturated heterocycles. The molecule has 1 aromatic carbocycles. The zero-order valence-electron chi connectivity index (χ0n) is 11.6. The second-order valence-electron chi connectivity index (χ2n) is 5.48. The van der Waals surface area contributed by atoms with Crippen molar-refractivity contribution in [3.8, 4) is 11.3 Å². The molecule has 0 fully saturated rings. The number of nitrogens with two attached hydrogens (primary N) is 1. The molecule has 3 aromatic rings. The highest BCUT2D eigenvalue weighted by atomic mass is 15.1. The van der Waals surface area contributed by atoms with E-state index >= 15 is 0 Å². The van der Waals surface area contributed by atoms with Gasteiger partial charge in [-0.2, -0.15) is 0 Å². The first-order valence-corrected chi connectivity index (χ1v) is 7.11. The number of hydrogen-bond acceptors (Lipinski definition) is 3. The molecule has 21 heavy (non-hydrogen) atoms. The third kappa shape index (κ3) is 2.00. The van der Waals surface area contributed by atoms with Gasteiger partial charge in [0, 0.05) is 29.7 Å². The lowest BCUT2D eigenvalue weighted by Crippen LogP contribution is -2.09. The van der Waals surface area contributed by atoms with Crippen LogP contribution in [0.2, 0.25) is 0 Å². The number of pyridine rings is 1. The van der Waals surface area contributed by atoms with Crippen LogP contribution in [0, 0.1) is 0 Å². The molecule has 0 radical (unpaired) electrons. The van der Waals surface area contributed by atoms with E-state index in [2.05, 4.69) is 38.8 Å². The molecule has 0 aliphatic heterocycles. The maximum absolute atomic E-state index is 6.08. The third-order valence-electron chi connectivity index (χ3n) is 4.22. The SMILES string of the molecule is Nc1ccncc1-c1cncn1C1Cc2ccccc2C1. The van der Waals surface area contributed by atoms with E-state index in [1.54, 1.807) is 6.20 Å². The minimum Gasteiger partial charge on any atom is -0.398 e. The van der Waals surface area contributed by atoms with Gasteiger partial charge in [0.15, 0.2) is 0 Å². The Morgan fingerprint density at radius 1 is 1.00 bits per heavy atom. The quantitative estimate of drug-likeness (QED) is 0.783. The van der Waals surface area contributed by atoms with Crippen LogP contribution in [0.25, 0.3) is 11.3 Å². The molecular weight excluding hydrogens is 260 g/mol. The van der Waals surface area contributed by atoms with Gasteiger partial charge in [-0.25, -0.2) is 4.98 Å². The summed E-state index contributed by atoms with van der Waals surface area (Å²) in [5.41, 5.74) is 11.7. The molecule has 4 heteroatoms. The zero-order valence-corrected chi connectivity index (χ0v) is 11.6. The molecule has 1 aliphatic rings. The summed E-state index contributed by atoms with van der Waals surface area (Å²) in [6.07, 6.45) is 9.38. The maximum Gasteiger partial charge on any atom is 0.0953 e.